The molecule has 0 bridgehead atoms. The van der Waals surface area contributed by atoms with Gasteiger partial charge in [-0.25, -0.2) is 4.39 Å². The van der Waals surface area contributed by atoms with Crippen molar-refractivity contribution in [3.8, 4) is 0 Å². The number of alkyl halides is 1. The Labute approximate surface area is 86.5 Å². The van der Waals surface area contributed by atoms with Crippen molar-refractivity contribution in [2.45, 2.75) is 51.1 Å². The molecule has 0 aromatic carbocycles. The van der Waals surface area contributed by atoms with Gasteiger partial charge in [-0.05, 0) is 64.0 Å². The Bertz CT molecular complexity index is 181. The molecular weight excluding hydrogens is 177 g/mol. The predicted octanol–water partition coefficient (Wildman–Crippen LogP) is 2.90. The molecule has 2 aliphatic rings. The minimum absolute atomic E-state index is 0.365. The van der Waals surface area contributed by atoms with E-state index in [-0.39, 0.29) is 0 Å². The van der Waals surface area contributed by atoms with Crippen LogP contribution in [0.2, 0.25) is 0 Å². The van der Waals surface area contributed by atoms with Gasteiger partial charge in [0.05, 0.1) is 0 Å². The van der Waals surface area contributed by atoms with Crippen LogP contribution in [0.1, 0.15) is 45.4 Å². The smallest absolute Gasteiger partial charge is 0.111 e. The average Bonchev–Trinajstić information content (AvgIpc) is 2.00. The first-order valence-electron chi connectivity index (χ1n) is 6.08. The Morgan fingerprint density at radius 2 is 2.07 bits per heavy atom. The third kappa shape index (κ3) is 2.28. The lowest BCUT2D eigenvalue weighted by atomic mass is 9.71. The molecule has 82 valence electrons. The molecule has 1 aliphatic carbocycles. The largest absolute Gasteiger partial charge is 0.316 e. The topological polar surface area (TPSA) is 12.0 Å². The van der Waals surface area contributed by atoms with Gasteiger partial charge in [0.25, 0.3) is 0 Å². The van der Waals surface area contributed by atoms with Crippen LogP contribution >= 0.6 is 0 Å². The fraction of sp³-hybridized carbons (Fsp3) is 1.00. The molecule has 0 aromatic rings. The second-order valence-electron chi connectivity index (χ2n) is 5.32. The molecule has 2 rings (SSSR count). The lowest BCUT2D eigenvalue weighted by Crippen LogP contribution is -2.40. The van der Waals surface area contributed by atoms with Crippen molar-refractivity contribution < 1.29 is 4.39 Å². The summed E-state index contributed by atoms with van der Waals surface area (Å²) in [6, 6.07) is 0. The standard InChI is InChI=1S/C12H22FN/c1-12(13,11-5-2-6-11)8-10-4-3-7-14-9-10/h10-11,14H,2-9H2,1H3. The van der Waals surface area contributed by atoms with Gasteiger partial charge in [-0.3, -0.25) is 0 Å². The maximum atomic E-state index is 14.3. The average molecular weight is 199 g/mol. The molecule has 1 saturated carbocycles. The Hall–Kier alpha value is -0.110. The van der Waals surface area contributed by atoms with Gasteiger partial charge in [-0.2, -0.15) is 0 Å². The van der Waals surface area contributed by atoms with Crippen molar-refractivity contribution in [2.75, 3.05) is 13.1 Å². The normalized spacial score (nSPS) is 33.4. The van der Waals surface area contributed by atoms with Crippen LogP contribution in [0, 0.1) is 11.8 Å². The Morgan fingerprint density at radius 3 is 2.57 bits per heavy atom. The number of halogens is 1. The highest BCUT2D eigenvalue weighted by Crippen LogP contribution is 2.42. The lowest BCUT2D eigenvalue weighted by molar-refractivity contribution is 0.0225. The summed E-state index contributed by atoms with van der Waals surface area (Å²) in [5, 5.41) is 3.37. The highest BCUT2D eigenvalue weighted by Gasteiger charge is 2.39. The molecular formula is C12H22FN. The van der Waals surface area contributed by atoms with E-state index in [2.05, 4.69) is 5.32 Å². The highest BCUT2D eigenvalue weighted by molar-refractivity contribution is 4.90. The van der Waals surface area contributed by atoms with Gasteiger partial charge in [0.15, 0.2) is 0 Å². The van der Waals surface area contributed by atoms with E-state index >= 15 is 0 Å². The fourth-order valence-corrected chi connectivity index (χ4v) is 2.84. The van der Waals surface area contributed by atoms with E-state index in [1.165, 1.54) is 19.3 Å². The third-order valence-electron chi connectivity index (χ3n) is 4.04. The maximum Gasteiger partial charge on any atom is 0.111 e. The molecule has 1 nitrogen and oxygen atoms in total. The van der Waals surface area contributed by atoms with Gasteiger partial charge in [-0.1, -0.05) is 6.42 Å². The zero-order valence-corrected chi connectivity index (χ0v) is 9.19. The Kier molecular flexibility index (Phi) is 3.10. The fourth-order valence-electron chi connectivity index (χ4n) is 2.84. The van der Waals surface area contributed by atoms with Crippen LogP contribution in [0.25, 0.3) is 0 Å². The second kappa shape index (κ2) is 4.18. The van der Waals surface area contributed by atoms with E-state index in [0.29, 0.717) is 11.8 Å². The second-order valence-corrected chi connectivity index (χ2v) is 5.32. The number of rotatable bonds is 3. The van der Waals surface area contributed by atoms with Crippen molar-refractivity contribution >= 4 is 0 Å². The third-order valence-corrected chi connectivity index (χ3v) is 4.04. The predicted molar refractivity (Wildman–Crippen MR) is 57.1 cm³/mol. The number of hydrogen-bond acceptors (Lipinski definition) is 1. The van der Waals surface area contributed by atoms with Crippen molar-refractivity contribution in [3.05, 3.63) is 0 Å². The Morgan fingerprint density at radius 1 is 1.29 bits per heavy atom. The van der Waals surface area contributed by atoms with E-state index in [0.717, 1.165) is 32.4 Å². The summed E-state index contributed by atoms with van der Waals surface area (Å²) in [4.78, 5) is 0. The first-order valence-corrected chi connectivity index (χ1v) is 6.08. The van der Waals surface area contributed by atoms with Crippen LogP contribution in [-0.4, -0.2) is 18.8 Å². The summed E-state index contributed by atoms with van der Waals surface area (Å²) in [5.74, 6) is 0.948. The van der Waals surface area contributed by atoms with Gasteiger partial charge < -0.3 is 5.32 Å². The zero-order chi connectivity index (χ0) is 10.0. The van der Waals surface area contributed by atoms with Crippen molar-refractivity contribution in [3.63, 3.8) is 0 Å². The molecule has 1 aliphatic heterocycles. The van der Waals surface area contributed by atoms with E-state index in [1.54, 1.807) is 0 Å². The van der Waals surface area contributed by atoms with Gasteiger partial charge in [0, 0.05) is 0 Å². The summed E-state index contributed by atoms with van der Waals surface area (Å²) >= 11 is 0. The first kappa shape index (κ1) is 10.4. The summed E-state index contributed by atoms with van der Waals surface area (Å²) in [6.07, 6.45) is 6.71. The summed E-state index contributed by atoms with van der Waals surface area (Å²) in [5.41, 5.74) is -0.887. The van der Waals surface area contributed by atoms with E-state index in [9.17, 15) is 4.39 Å². The molecule has 2 unspecified atom stereocenters. The van der Waals surface area contributed by atoms with Crippen LogP contribution in [0.5, 0.6) is 0 Å². The van der Waals surface area contributed by atoms with Crippen LogP contribution in [-0.2, 0) is 0 Å². The van der Waals surface area contributed by atoms with E-state index in [4.69, 9.17) is 0 Å². The lowest BCUT2D eigenvalue weighted by Gasteiger charge is -2.39. The van der Waals surface area contributed by atoms with Gasteiger partial charge in [0.1, 0.15) is 5.67 Å². The van der Waals surface area contributed by atoms with Crippen molar-refractivity contribution in [2.24, 2.45) is 11.8 Å². The van der Waals surface area contributed by atoms with Crippen LogP contribution in [0.4, 0.5) is 4.39 Å². The SMILES string of the molecule is CC(F)(CC1CCCNC1)C1CCC1. The molecule has 0 aromatic heterocycles. The van der Waals surface area contributed by atoms with Crippen LogP contribution in [0.3, 0.4) is 0 Å². The number of nitrogens with one attached hydrogen (secondary N) is 1. The van der Waals surface area contributed by atoms with Crippen LogP contribution < -0.4 is 5.32 Å². The molecule has 1 heterocycles. The quantitative estimate of drug-likeness (QED) is 0.737. The zero-order valence-electron chi connectivity index (χ0n) is 9.19. The summed E-state index contributed by atoms with van der Waals surface area (Å²) in [7, 11) is 0. The number of piperidine rings is 1. The maximum absolute atomic E-state index is 14.3. The molecule has 0 spiro atoms. The van der Waals surface area contributed by atoms with Crippen molar-refractivity contribution in [1.82, 2.24) is 5.32 Å². The molecule has 14 heavy (non-hydrogen) atoms. The van der Waals surface area contributed by atoms with Gasteiger partial charge in [-0.15, -0.1) is 0 Å². The molecule has 0 amide bonds. The van der Waals surface area contributed by atoms with E-state index in [1.807, 2.05) is 6.92 Å². The Balaban J connectivity index is 1.81. The molecule has 0 radical (unpaired) electrons. The first-order chi connectivity index (χ1) is 6.68. The molecule has 2 fully saturated rings. The summed E-state index contributed by atoms with van der Waals surface area (Å²) < 4.78 is 14.3. The minimum Gasteiger partial charge on any atom is -0.316 e. The van der Waals surface area contributed by atoms with Gasteiger partial charge >= 0.3 is 0 Å². The summed E-state index contributed by atoms with van der Waals surface area (Å²) in [6.45, 7) is 3.99. The highest BCUT2D eigenvalue weighted by atomic mass is 19.1. The van der Waals surface area contributed by atoms with E-state index < -0.39 is 5.67 Å². The van der Waals surface area contributed by atoms with Crippen LogP contribution in [0.15, 0.2) is 0 Å². The van der Waals surface area contributed by atoms with Crippen molar-refractivity contribution in [1.29, 1.82) is 0 Å². The monoisotopic (exact) mass is 199 g/mol. The minimum atomic E-state index is -0.887. The molecule has 2 atom stereocenters. The molecule has 1 N–H and O–H groups in total. The molecule has 1 saturated heterocycles. The molecule has 2 heteroatoms. The van der Waals surface area contributed by atoms with Gasteiger partial charge in [0.2, 0.25) is 0 Å². The number of hydrogen-bond donors (Lipinski definition) is 1.